The second-order valence-corrected chi connectivity index (χ2v) is 15.5. The van der Waals surface area contributed by atoms with Crippen LogP contribution in [0.25, 0.3) is 78.9 Å². The van der Waals surface area contributed by atoms with Crippen LogP contribution in [-0.4, -0.2) is 29.9 Å². The number of rotatable bonds is 3. The smallest absolute Gasteiger partial charge is 0.0935 e. The summed E-state index contributed by atoms with van der Waals surface area (Å²) in [6.07, 6.45) is 15.3. The van der Waals surface area contributed by atoms with E-state index in [4.69, 9.17) is 29.9 Å². The van der Waals surface area contributed by atoms with Crippen molar-refractivity contribution in [1.29, 1.82) is 0 Å². The first-order valence-corrected chi connectivity index (χ1v) is 19.9. The largest absolute Gasteiger partial charge is 0.254 e. The average molecular weight is 721 g/mol. The van der Waals surface area contributed by atoms with Gasteiger partial charge in [-0.25, -0.2) is 9.97 Å². The summed E-state index contributed by atoms with van der Waals surface area (Å²) in [5.74, 6) is 0. The number of pyridine rings is 6. The predicted molar refractivity (Wildman–Crippen MR) is 221 cm³/mol. The van der Waals surface area contributed by atoms with Crippen molar-refractivity contribution < 1.29 is 0 Å². The minimum absolute atomic E-state index is 0.952. The van der Waals surface area contributed by atoms with E-state index in [1.54, 1.807) is 0 Å². The van der Waals surface area contributed by atoms with Crippen molar-refractivity contribution in [2.24, 2.45) is 0 Å². The summed E-state index contributed by atoms with van der Waals surface area (Å²) in [6, 6.07) is 35.3. The van der Waals surface area contributed by atoms with E-state index in [0.29, 0.717) is 0 Å². The number of benzene rings is 2. The van der Waals surface area contributed by atoms with Gasteiger partial charge in [0, 0.05) is 24.8 Å². The lowest BCUT2D eigenvalue weighted by Crippen LogP contribution is -2.16. The molecule has 6 nitrogen and oxygen atoms in total. The number of aromatic nitrogens is 6. The van der Waals surface area contributed by atoms with Crippen molar-refractivity contribution in [2.75, 3.05) is 0 Å². The molecule has 12 rings (SSSR count). The van der Waals surface area contributed by atoms with Crippen LogP contribution in [0.2, 0.25) is 0 Å². The molecular weight excluding hydrogens is 685 g/mol. The molecule has 4 aliphatic carbocycles. The molecule has 0 radical (unpaired) electrons. The summed E-state index contributed by atoms with van der Waals surface area (Å²) in [4.78, 5) is 30.2. The summed E-state index contributed by atoms with van der Waals surface area (Å²) < 4.78 is 0. The van der Waals surface area contributed by atoms with Gasteiger partial charge in [-0.3, -0.25) is 19.9 Å². The molecule has 0 aliphatic heterocycles. The molecule has 2 aromatic carbocycles. The van der Waals surface area contributed by atoms with Crippen molar-refractivity contribution in [3.05, 3.63) is 166 Å². The van der Waals surface area contributed by atoms with Gasteiger partial charge in [0.2, 0.25) is 0 Å². The Morgan fingerprint density at radius 3 is 0.821 bits per heavy atom. The van der Waals surface area contributed by atoms with Crippen LogP contribution in [0.1, 0.15) is 44.5 Å². The van der Waals surface area contributed by atoms with Crippen LogP contribution in [0.4, 0.5) is 0 Å². The minimum Gasteiger partial charge on any atom is -0.254 e. The number of hydrogen-bond donors (Lipinski definition) is 0. The zero-order chi connectivity index (χ0) is 36.7. The van der Waals surface area contributed by atoms with Crippen molar-refractivity contribution in [3.63, 3.8) is 0 Å². The number of nitrogens with zero attached hydrogens (tertiary/aromatic N) is 6. The number of hydrogen-bond acceptors (Lipinski definition) is 6. The molecule has 0 N–H and O–H groups in total. The molecule has 0 saturated carbocycles. The molecule has 266 valence electrons. The molecule has 8 aromatic rings. The Labute approximate surface area is 325 Å². The predicted octanol–water partition coefficient (Wildman–Crippen LogP) is 10.1. The van der Waals surface area contributed by atoms with Gasteiger partial charge in [-0.05, 0) is 154 Å². The average Bonchev–Trinajstić information content (AvgIpc) is 3.27. The summed E-state index contributed by atoms with van der Waals surface area (Å²) >= 11 is 0. The molecular formula is C50H36N6. The van der Waals surface area contributed by atoms with Gasteiger partial charge in [0.1, 0.15) is 0 Å². The third-order valence-corrected chi connectivity index (χ3v) is 12.5. The Morgan fingerprint density at radius 2 is 0.536 bits per heavy atom. The highest BCUT2D eigenvalue weighted by Gasteiger charge is 2.32. The zero-order valence-electron chi connectivity index (χ0n) is 30.9. The van der Waals surface area contributed by atoms with Crippen molar-refractivity contribution >= 4 is 0 Å². The van der Waals surface area contributed by atoms with Gasteiger partial charge in [0.05, 0.1) is 45.6 Å². The molecule has 0 bridgehead atoms. The fraction of sp³-hybridized carbons (Fsp3) is 0.160. The Kier molecular flexibility index (Phi) is 7.03. The van der Waals surface area contributed by atoms with E-state index in [0.717, 1.165) is 96.9 Å². The standard InChI is InChI=1S/C50H36N6/c1-5-33-17-21-37-41(38-22-18-34-6-2-26-52-44(34)48(38)55-47(37)43(33)51-25-1)31-13-9-29(10-14-31)30-11-15-32(16-12-30)42-39-23-19-35-7-3-27-53-45(35)49(39)56-50-40(42)24-20-36-8-4-28-54-46(36)50/h1-16,25-28H,17-24H2. The van der Waals surface area contributed by atoms with Gasteiger partial charge in [0.15, 0.2) is 0 Å². The van der Waals surface area contributed by atoms with E-state index in [1.807, 2.05) is 49.1 Å². The van der Waals surface area contributed by atoms with Crippen LogP contribution < -0.4 is 0 Å². The second-order valence-electron chi connectivity index (χ2n) is 15.5. The fourth-order valence-corrected chi connectivity index (χ4v) is 9.90. The Morgan fingerprint density at radius 1 is 0.268 bits per heavy atom. The van der Waals surface area contributed by atoms with Crippen LogP contribution in [0, 0.1) is 0 Å². The summed E-state index contributed by atoms with van der Waals surface area (Å²) in [7, 11) is 0. The van der Waals surface area contributed by atoms with Gasteiger partial charge < -0.3 is 0 Å². The van der Waals surface area contributed by atoms with Crippen molar-refractivity contribution in [2.45, 2.75) is 51.4 Å². The highest BCUT2D eigenvalue weighted by Crippen LogP contribution is 2.47. The second kappa shape index (κ2) is 12.4. The number of fused-ring (bicyclic) bond motifs is 12. The molecule has 56 heavy (non-hydrogen) atoms. The molecule has 0 saturated heterocycles. The summed E-state index contributed by atoms with van der Waals surface area (Å²) in [5, 5.41) is 0. The third-order valence-electron chi connectivity index (χ3n) is 12.5. The van der Waals surface area contributed by atoms with E-state index in [1.165, 1.54) is 77.9 Å². The summed E-state index contributed by atoms with van der Waals surface area (Å²) in [6.45, 7) is 0. The Bertz CT molecular complexity index is 2560. The fourth-order valence-electron chi connectivity index (χ4n) is 9.90. The molecule has 4 aliphatic rings. The molecule has 0 amide bonds. The Hall–Kier alpha value is -6.66. The molecule has 0 atom stereocenters. The maximum atomic E-state index is 5.36. The minimum atomic E-state index is 0.952. The first kappa shape index (κ1) is 31.7. The SMILES string of the molecule is c1cnc2c(c1)CCc1c-2nc2c(c1-c1ccc(-c3ccc(-c4c5c(nc6c4CCc4cccnc4-6)-c4ncccc4CC5)cc3)cc1)CCc1cccnc1-2. The van der Waals surface area contributed by atoms with Crippen LogP contribution >= 0.6 is 0 Å². The molecule has 6 heterocycles. The summed E-state index contributed by atoms with van der Waals surface area (Å²) in [5.41, 5.74) is 25.9. The lowest BCUT2D eigenvalue weighted by Gasteiger charge is -2.28. The van der Waals surface area contributed by atoms with E-state index in [-0.39, 0.29) is 0 Å². The van der Waals surface area contributed by atoms with E-state index >= 15 is 0 Å². The third kappa shape index (κ3) is 4.81. The monoisotopic (exact) mass is 720 g/mol. The van der Waals surface area contributed by atoms with E-state index < -0.39 is 0 Å². The first-order chi connectivity index (χ1) is 27.8. The maximum Gasteiger partial charge on any atom is 0.0935 e. The van der Waals surface area contributed by atoms with Crippen LogP contribution in [-0.2, 0) is 51.4 Å². The van der Waals surface area contributed by atoms with Gasteiger partial charge in [-0.15, -0.1) is 0 Å². The lowest BCUT2D eigenvalue weighted by molar-refractivity contribution is 0.877. The van der Waals surface area contributed by atoms with Crippen LogP contribution in [0.5, 0.6) is 0 Å². The van der Waals surface area contributed by atoms with Crippen LogP contribution in [0.15, 0.2) is 122 Å². The van der Waals surface area contributed by atoms with Gasteiger partial charge in [-0.2, -0.15) is 0 Å². The molecule has 6 heteroatoms. The van der Waals surface area contributed by atoms with Crippen molar-refractivity contribution in [1.82, 2.24) is 29.9 Å². The topological polar surface area (TPSA) is 77.3 Å². The quantitative estimate of drug-likeness (QED) is 0.181. The number of aryl methyl sites for hydroxylation is 4. The molecule has 0 unspecified atom stereocenters. The zero-order valence-corrected chi connectivity index (χ0v) is 30.9. The molecule has 0 spiro atoms. The van der Waals surface area contributed by atoms with E-state index in [2.05, 4.69) is 72.8 Å². The lowest BCUT2D eigenvalue weighted by atomic mass is 9.80. The van der Waals surface area contributed by atoms with E-state index in [9.17, 15) is 0 Å². The van der Waals surface area contributed by atoms with Crippen LogP contribution in [0.3, 0.4) is 0 Å². The highest BCUT2D eigenvalue weighted by atomic mass is 14.9. The van der Waals surface area contributed by atoms with Gasteiger partial charge in [0.25, 0.3) is 0 Å². The Balaban J connectivity index is 0.954. The van der Waals surface area contributed by atoms with Gasteiger partial charge in [-0.1, -0.05) is 72.8 Å². The first-order valence-electron chi connectivity index (χ1n) is 19.9. The molecule has 0 fully saturated rings. The van der Waals surface area contributed by atoms with Gasteiger partial charge >= 0.3 is 0 Å². The maximum absolute atomic E-state index is 5.36. The normalized spacial score (nSPS) is 14.2. The van der Waals surface area contributed by atoms with Crippen molar-refractivity contribution in [3.8, 4) is 78.9 Å². The molecule has 6 aromatic heterocycles. The highest BCUT2D eigenvalue weighted by molar-refractivity contribution is 5.89.